The normalized spacial score (nSPS) is 13.7. The minimum Gasteiger partial charge on any atom is -0.383 e. The van der Waals surface area contributed by atoms with Crippen LogP contribution in [0.15, 0.2) is 23.1 Å². The zero-order valence-electron chi connectivity index (χ0n) is 14.1. The van der Waals surface area contributed by atoms with Gasteiger partial charge >= 0.3 is 0 Å². The third-order valence-corrected chi connectivity index (χ3v) is 5.85. The van der Waals surface area contributed by atoms with Gasteiger partial charge in [-0.15, -0.1) is 0 Å². The second-order valence-corrected chi connectivity index (χ2v) is 8.05. The lowest BCUT2D eigenvalue weighted by atomic mass is 10.1. The van der Waals surface area contributed by atoms with Crippen molar-refractivity contribution in [1.29, 1.82) is 0 Å². The van der Waals surface area contributed by atoms with E-state index in [1.54, 1.807) is 19.2 Å². The molecule has 2 N–H and O–H groups in total. The highest BCUT2D eigenvalue weighted by atomic mass is 32.2. The van der Waals surface area contributed by atoms with Crippen LogP contribution in [0.4, 0.5) is 0 Å². The average molecular weight is 354 g/mol. The lowest BCUT2D eigenvalue weighted by Crippen LogP contribution is -2.33. The summed E-state index contributed by atoms with van der Waals surface area (Å²) in [4.78, 5) is 12.1. The standard InChI is InChI=1S/C17H26N2O4S/c1-23-11-10-18-8-9-19-17(20)7-12-24(21,22)16-6-5-14-3-2-4-15(14)13-16/h5-6,13,18H,2-4,7-12H2,1H3,(H,19,20). The number of methoxy groups -OCH3 is 1. The predicted molar refractivity (Wildman–Crippen MR) is 92.9 cm³/mol. The zero-order chi connectivity index (χ0) is 17.4. The first kappa shape index (κ1) is 18.9. The fraction of sp³-hybridized carbons (Fsp3) is 0.588. The summed E-state index contributed by atoms with van der Waals surface area (Å²) >= 11 is 0. The van der Waals surface area contributed by atoms with Crippen LogP contribution in [0.25, 0.3) is 0 Å². The Labute approximate surface area is 143 Å². The van der Waals surface area contributed by atoms with Gasteiger partial charge in [-0.1, -0.05) is 6.07 Å². The fourth-order valence-electron chi connectivity index (χ4n) is 2.76. The molecule has 0 heterocycles. The van der Waals surface area contributed by atoms with Gasteiger partial charge in [-0.2, -0.15) is 0 Å². The summed E-state index contributed by atoms with van der Waals surface area (Å²) in [5.41, 5.74) is 2.37. The summed E-state index contributed by atoms with van der Waals surface area (Å²) < 4.78 is 29.7. The van der Waals surface area contributed by atoms with Gasteiger partial charge in [-0.05, 0) is 42.5 Å². The molecule has 0 radical (unpaired) electrons. The highest BCUT2D eigenvalue weighted by Crippen LogP contribution is 2.25. The number of hydrogen-bond acceptors (Lipinski definition) is 5. The molecule has 0 spiro atoms. The van der Waals surface area contributed by atoms with E-state index in [0.717, 1.165) is 31.4 Å². The Morgan fingerprint density at radius 2 is 1.96 bits per heavy atom. The molecule has 0 saturated carbocycles. The molecule has 1 aromatic rings. The van der Waals surface area contributed by atoms with Crippen molar-refractivity contribution in [2.45, 2.75) is 30.6 Å². The largest absolute Gasteiger partial charge is 0.383 e. The summed E-state index contributed by atoms with van der Waals surface area (Å²) in [6, 6.07) is 5.34. The van der Waals surface area contributed by atoms with Crippen molar-refractivity contribution < 1.29 is 17.9 Å². The van der Waals surface area contributed by atoms with Crippen LogP contribution in [0.3, 0.4) is 0 Å². The molecule has 1 amide bonds. The fourth-order valence-corrected chi connectivity index (χ4v) is 4.05. The topological polar surface area (TPSA) is 84.5 Å². The van der Waals surface area contributed by atoms with E-state index in [9.17, 15) is 13.2 Å². The Bertz CT molecular complexity index is 659. The molecule has 1 aliphatic rings. The van der Waals surface area contributed by atoms with Crippen LogP contribution in [0, 0.1) is 0 Å². The highest BCUT2D eigenvalue weighted by molar-refractivity contribution is 7.91. The number of carbonyl (C=O) groups is 1. The van der Waals surface area contributed by atoms with Crippen molar-refractivity contribution in [2.75, 3.05) is 39.1 Å². The first-order valence-electron chi connectivity index (χ1n) is 8.34. The number of sulfone groups is 1. The van der Waals surface area contributed by atoms with Gasteiger partial charge < -0.3 is 15.4 Å². The molecular formula is C17H26N2O4S. The molecule has 0 aromatic heterocycles. The maximum atomic E-state index is 12.4. The molecule has 2 rings (SSSR count). The Balaban J connectivity index is 1.75. The molecule has 0 atom stereocenters. The molecule has 0 fully saturated rings. The SMILES string of the molecule is COCCNCCNC(=O)CCS(=O)(=O)c1ccc2c(c1)CCC2. The third kappa shape index (κ3) is 5.58. The number of fused-ring (bicyclic) bond motifs is 1. The summed E-state index contributed by atoms with van der Waals surface area (Å²) in [7, 11) is -1.78. The van der Waals surface area contributed by atoms with Crippen molar-refractivity contribution in [2.24, 2.45) is 0 Å². The van der Waals surface area contributed by atoms with E-state index in [2.05, 4.69) is 10.6 Å². The van der Waals surface area contributed by atoms with E-state index in [0.29, 0.717) is 24.6 Å². The van der Waals surface area contributed by atoms with Gasteiger partial charge in [0, 0.05) is 33.2 Å². The minimum atomic E-state index is -3.41. The van der Waals surface area contributed by atoms with E-state index < -0.39 is 9.84 Å². The van der Waals surface area contributed by atoms with E-state index in [-0.39, 0.29) is 18.1 Å². The maximum Gasteiger partial charge on any atom is 0.221 e. The number of amides is 1. The average Bonchev–Trinajstić information content (AvgIpc) is 3.04. The third-order valence-electron chi connectivity index (χ3n) is 4.13. The monoisotopic (exact) mass is 354 g/mol. The summed E-state index contributed by atoms with van der Waals surface area (Å²) in [6.07, 6.45) is 3.03. The van der Waals surface area contributed by atoms with Crippen LogP contribution in [0.2, 0.25) is 0 Å². The number of nitrogens with one attached hydrogen (secondary N) is 2. The molecule has 1 aliphatic carbocycles. The number of hydrogen-bond donors (Lipinski definition) is 2. The zero-order valence-corrected chi connectivity index (χ0v) is 15.0. The molecule has 134 valence electrons. The minimum absolute atomic E-state index is 0.0164. The molecule has 7 heteroatoms. The molecule has 0 aliphatic heterocycles. The van der Waals surface area contributed by atoms with Crippen LogP contribution >= 0.6 is 0 Å². The Morgan fingerprint density at radius 1 is 1.17 bits per heavy atom. The van der Waals surface area contributed by atoms with Crippen LogP contribution in [0.1, 0.15) is 24.0 Å². The van der Waals surface area contributed by atoms with E-state index in [1.807, 2.05) is 6.07 Å². The Hall–Kier alpha value is -1.44. The van der Waals surface area contributed by atoms with Crippen LogP contribution < -0.4 is 10.6 Å². The van der Waals surface area contributed by atoms with Crippen molar-refractivity contribution >= 4 is 15.7 Å². The second-order valence-electron chi connectivity index (χ2n) is 5.95. The van der Waals surface area contributed by atoms with Crippen LogP contribution in [0.5, 0.6) is 0 Å². The lowest BCUT2D eigenvalue weighted by Gasteiger charge is -2.08. The molecule has 6 nitrogen and oxygen atoms in total. The van der Waals surface area contributed by atoms with E-state index in [1.165, 1.54) is 5.56 Å². The van der Waals surface area contributed by atoms with Crippen LogP contribution in [-0.2, 0) is 32.2 Å². The summed E-state index contributed by atoms with van der Waals surface area (Å²) in [5.74, 6) is -0.400. The van der Waals surface area contributed by atoms with Gasteiger partial charge in [0.1, 0.15) is 0 Å². The molecule has 0 unspecified atom stereocenters. The predicted octanol–water partition coefficient (Wildman–Crippen LogP) is 0.691. The van der Waals surface area contributed by atoms with Crippen molar-refractivity contribution in [3.8, 4) is 0 Å². The number of ether oxygens (including phenoxy) is 1. The van der Waals surface area contributed by atoms with Gasteiger partial charge in [0.2, 0.25) is 5.91 Å². The number of aryl methyl sites for hydroxylation is 2. The number of carbonyl (C=O) groups excluding carboxylic acids is 1. The molecular weight excluding hydrogens is 328 g/mol. The van der Waals surface area contributed by atoms with Crippen molar-refractivity contribution in [3.05, 3.63) is 29.3 Å². The first-order chi connectivity index (χ1) is 11.5. The number of rotatable bonds is 10. The second kappa shape index (κ2) is 9.15. The highest BCUT2D eigenvalue weighted by Gasteiger charge is 2.19. The van der Waals surface area contributed by atoms with Crippen LogP contribution in [-0.4, -0.2) is 53.4 Å². The molecule has 0 saturated heterocycles. The van der Waals surface area contributed by atoms with E-state index >= 15 is 0 Å². The molecule has 24 heavy (non-hydrogen) atoms. The van der Waals surface area contributed by atoms with E-state index in [4.69, 9.17) is 4.74 Å². The van der Waals surface area contributed by atoms with Gasteiger partial charge in [0.25, 0.3) is 0 Å². The van der Waals surface area contributed by atoms with Gasteiger partial charge in [0.15, 0.2) is 9.84 Å². The van der Waals surface area contributed by atoms with Crippen molar-refractivity contribution in [1.82, 2.24) is 10.6 Å². The maximum absolute atomic E-state index is 12.4. The smallest absolute Gasteiger partial charge is 0.221 e. The summed E-state index contributed by atoms with van der Waals surface area (Å²) in [5, 5.41) is 5.82. The molecule has 1 aromatic carbocycles. The van der Waals surface area contributed by atoms with Gasteiger partial charge in [0.05, 0.1) is 17.3 Å². The number of benzene rings is 1. The van der Waals surface area contributed by atoms with Crippen molar-refractivity contribution in [3.63, 3.8) is 0 Å². The quantitative estimate of drug-likeness (QED) is 0.604. The first-order valence-corrected chi connectivity index (χ1v) is 9.99. The lowest BCUT2D eigenvalue weighted by molar-refractivity contribution is -0.120. The Morgan fingerprint density at radius 3 is 2.75 bits per heavy atom. The Kier molecular flexibility index (Phi) is 7.20. The van der Waals surface area contributed by atoms with Gasteiger partial charge in [-0.25, -0.2) is 8.42 Å². The molecule has 0 bridgehead atoms. The van der Waals surface area contributed by atoms with Gasteiger partial charge in [-0.3, -0.25) is 4.79 Å². The summed E-state index contributed by atoms with van der Waals surface area (Å²) in [6.45, 7) is 2.44.